The average molecular weight is 274 g/mol. The van der Waals surface area contributed by atoms with E-state index >= 15 is 0 Å². The van der Waals surface area contributed by atoms with Crippen LogP contribution in [0.4, 0.5) is 0 Å². The van der Waals surface area contributed by atoms with Gasteiger partial charge in [0.2, 0.25) is 0 Å². The Morgan fingerprint density at radius 1 is 1.30 bits per heavy atom. The largest absolute Gasteiger partial charge is 0.496 e. The Bertz CT molecular complexity index is 538. The van der Waals surface area contributed by atoms with Gasteiger partial charge in [-0.25, -0.2) is 4.98 Å². The Morgan fingerprint density at radius 2 is 2.10 bits per heavy atom. The van der Waals surface area contributed by atoms with Crippen LogP contribution in [0.5, 0.6) is 5.75 Å². The Kier molecular flexibility index (Phi) is 5.15. The van der Waals surface area contributed by atoms with Gasteiger partial charge in [-0.1, -0.05) is 18.2 Å². The minimum absolute atomic E-state index is 0.632. The topological polar surface area (TPSA) is 56.3 Å². The van der Waals surface area contributed by atoms with Crippen molar-refractivity contribution in [3.63, 3.8) is 0 Å². The molecule has 0 saturated heterocycles. The normalized spacial score (nSPS) is 11.0. The Morgan fingerprint density at radius 3 is 2.85 bits per heavy atom. The maximum Gasteiger partial charge on any atom is 0.123 e. The molecule has 0 bridgehead atoms. The van der Waals surface area contributed by atoms with E-state index in [4.69, 9.17) is 10.5 Å². The first-order valence-electron chi connectivity index (χ1n) is 6.74. The average Bonchev–Trinajstić information content (AvgIpc) is 2.87. The summed E-state index contributed by atoms with van der Waals surface area (Å²) in [6, 6.07) is 8.08. The number of ether oxygens (including phenoxy) is 1. The molecule has 1 aromatic heterocycles. The zero-order chi connectivity index (χ0) is 14.4. The number of rotatable bonds is 7. The molecule has 0 fully saturated rings. The summed E-state index contributed by atoms with van der Waals surface area (Å²) < 4.78 is 7.39. The van der Waals surface area contributed by atoms with Gasteiger partial charge in [0.15, 0.2) is 0 Å². The van der Waals surface area contributed by atoms with E-state index in [0.29, 0.717) is 6.54 Å². The second kappa shape index (κ2) is 7.07. The van der Waals surface area contributed by atoms with Crippen LogP contribution >= 0.6 is 0 Å². The van der Waals surface area contributed by atoms with Crippen molar-refractivity contribution in [2.45, 2.75) is 19.6 Å². The second-order valence-electron chi connectivity index (χ2n) is 4.88. The molecule has 0 aliphatic rings. The molecule has 0 saturated carbocycles. The quantitative estimate of drug-likeness (QED) is 0.831. The lowest BCUT2D eigenvalue weighted by atomic mass is 10.2. The van der Waals surface area contributed by atoms with Crippen LogP contribution in [0.2, 0.25) is 0 Å². The first-order chi connectivity index (χ1) is 9.72. The molecule has 5 heteroatoms. The van der Waals surface area contributed by atoms with Gasteiger partial charge in [-0.2, -0.15) is 0 Å². The highest BCUT2D eigenvalue weighted by molar-refractivity contribution is 5.33. The molecule has 0 spiro atoms. The zero-order valence-electron chi connectivity index (χ0n) is 12.1. The number of para-hydroxylation sites is 1. The third-order valence-electron chi connectivity index (χ3n) is 3.14. The van der Waals surface area contributed by atoms with Gasteiger partial charge in [-0.3, -0.25) is 4.90 Å². The van der Waals surface area contributed by atoms with Gasteiger partial charge in [0, 0.05) is 37.9 Å². The summed E-state index contributed by atoms with van der Waals surface area (Å²) in [6.45, 7) is 3.07. The SMILES string of the molecule is COc1ccccc1CN(C)Cc1cn(CCN)cn1. The highest BCUT2D eigenvalue weighted by Crippen LogP contribution is 2.19. The van der Waals surface area contributed by atoms with Crippen molar-refractivity contribution in [1.82, 2.24) is 14.5 Å². The first kappa shape index (κ1) is 14.6. The van der Waals surface area contributed by atoms with Gasteiger partial charge in [-0.15, -0.1) is 0 Å². The summed E-state index contributed by atoms with van der Waals surface area (Å²) in [6.07, 6.45) is 3.88. The fourth-order valence-corrected chi connectivity index (χ4v) is 2.22. The molecule has 1 aromatic carbocycles. The minimum Gasteiger partial charge on any atom is -0.496 e. The van der Waals surface area contributed by atoms with Crippen molar-refractivity contribution < 1.29 is 4.74 Å². The molecule has 0 unspecified atom stereocenters. The van der Waals surface area contributed by atoms with Crippen LogP contribution in [0.3, 0.4) is 0 Å². The molecule has 2 N–H and O–H groups in total. The lowest BCUT2D eigenvalue weighted by Gasteiger charge is -2.17. The smallest absolute Gasteiger partial charge is 0.123 e. The summed E-state index contributed by atoms with van der Waals surface area (Å²) in [5.74, 6) is 0.924. The van der Waals surface area contributed by atoms with Crippen molar-refractivity contribution in [3.05, 3.63) is 48.0 Å². The molecule has 0 aliphatic heterocycles. The molecule has 1 heterocycles. The highest BCUT2D eigenvalue weighted by Gasteiger charge is 2.07. The number of nitrogens with two attached hydrogens (primary N) is 1. The molecule has 0 aliphatic carbocycles. The fraction of sp³-hybridized carbons (Fsp3) is 0.400. The molecule has 20 heavy (non-hydrogen) atoms. The van der Waals surface area contributed by atoms with Crippen LogP contribution in [-0.4, -0.2) is 35.2 Å². The van der Waals surface area contributed by atoms with Crippen molar-refractivity contribution in [1.29, 1.82) is 0 Å². The van der Waals surface area contributed by atoms with Gasteiger partial charge >= 0.3 is 0 Å². The van der Waals surface area contributed by atoms with Crippen molar-refractivity contribution in [2.24, 2.45) is 5.73 Å². The minimum atomic E-state index is 0.632. The summed E-state index contributed by atoms with van der Waals surface area (Å²) in [5, 5.41) is 0. The second-order valence-corrected chi connectivity index (χ2v) is 4.88. The van der Waals surface area contributed by atoms with Crippen LogP contribution in [0.25, 0.3) is 0 Å². The van der Waals surface area contributed by atoms with Crippen molar-refractivity contribution >= 4 is 0 Å². The van der Waals surface area contributed by atoms with E-state index in [1.807, 2.05) is 35.3 Å². The predicted octanol–water partition coefficient (Wildman–Crippen LogP) is 1.48. The molecular formula is C15H22N4O. The monoisotopic (exact) mass is 274 g/mol. The van der Waals surface area contributed by atoms with Crippen LogP contribution in [-0.2, 0) is 19.6 Å². The lowest BCUT2D eigenvalue weighted by Crippen LogP contribution is -2.18. The van der Waals surface area contributed by atoms with Crippen molar-refractivity contribution in [2.75, 3.05) is 20.7 Å². The molecule has 0 atom stereocenters. The Labute approximate surface area is 120 Å². The standard InChI is InChI=1S/C15H22N4O/c1-18(9-13-5-3-4-6-15(13)20-2)10-14-11-19(8-7-16)12-17-14/h3-6,11-12H,7-10,16H2,1-2H3. The molecule has 0 amide bonds. The number of nitrogens with zero attached hydrogens (tertiary/aromatic N) is 3. The summed E-state index contributed by atoms with van der Waals surface area (Å²) in [7, 11) is 3.78. The molecule has 2 rings (SSSR count). The Hall–Kier alpha value is -1.85. The number of methoxy groups -OCH3 is 1. The number of imidazole rings is 1. The molecule has 0 radical (unpaired) electrons. The maximum absolute atomic E-state index is 5.53. The van der Waals surface area contributed by atoms with Crippen LogP contribution in [0.1, 0.15) is 11.3 Å². The van der Waals surface area contributed by atoms with Gasteiger partial charge in [0.25, 0.3) is 0 Å². The van der Waals surface area contributed by atoms with Gasteiger partial charge < -0.3 is 15.0 Å². The Balaban J connectivity index is 1.95. The van der Waals surface area contributed by atoms with E-state index in [-0.39, 0.29) is 0 Å². The molecule has 2 aromatic rings. The zero-order valence-corrected chi connectivity index (χ0v) is 12.1. The number of hydrogen-bond acceptors (Lipinski definition) is 4. The lowest BCUT2D eigenvalue weighted by molar-refractivity contribution is 0.307. The third-order valence-corrected chi connectivity index (χ3v) is 3.14. The van der Waals surface area contributed by atoms with Gasteiger partial charge in [0.1, 0.15) is 5.75 Å². The van der Waals surface area contributed by atoms with Gasteiger partial charge in [0.05, 0.1) is 19.1 Å². The first-order valence-corrected chi connectivity index (χ1v) is 6.74. The molecular weight excluding hydrogens is 252 g/mol. The summed E-state index contributed by atoms with van der Waals surface area (Å²) >= 11 is 0. The number of benzene rings is 1. The molecule has 108 valence electrons. The van der Waals surface area contributed by atoms with Crippen molar-refractivity contribution in [3.8, 4) is 5.75 Å². The van der Waals surface area contributed by atoms with E-state index in [0.717, 1.165) is 31.1 Å². The van der Waals surface area contributed by atoms with E-state index in [1.165, 1.54) is 5.56 Å². The van der Waals surface area contributed by atoms with E-state index in [1.54, 1.807) is 7.11 Å². The van der Waals surface area contributed by atoms with Crippen LogP contribution in [0.15, 0.2) is 36.8 Å². The van der Waals surface area contributed by atoms with E-state index in [2.05, 4.69) is 23.0 Å². The summed E-state index contributed by atoms with van der Waals surface area (Å²) in [4.78, 5) is 6.61. The van der Waals surface area contributed by atoms with E-state index in [9.17, 15) is 0 Å². The number of hydrogen-bond donors (Lipinski definition) is 1. The molecule has 5 nitrogen and oxygen atoms in total. The fourth-order valence-electron chi connectivity index (χ4n) is 2.22. The predicted molar refractivity (Wildman–Crippen MR) is 79.4 cm³/mol. The number of aromatic nitrogens is 2. The van der Waals surface area contributed by atoms with Crippen LogP contribution in [0, 0.1) is 0 Å². The van der Waals surface area contributed by atoms with E-state index < -0.39 is 0 Å². The highest BCUT2D eigenvalue weighted by atomic mass is 16.5. The van der Waals surface area contributed by atoms with Crippen LogP contribution < -0.4 is 10.5 Å². The third kappa shape index (κ3) is 3.82. The van der Waals surface area contributed by atoms with Gasteiger partial charge in [-0.05, 0) is 13.1 Å². The summed E-state index contributed by atoms with van der Waals surface area (Å²) in [5.41, 5.74) is 7.76. The maximum atomic E-state index is 5.53.